The maximum atomic E-state index is 8.83. The molecule has 0 radical (unpaired) electrons. The van der Waals surface area contributed by atoms with E-state index >= 15 is 0 Å². The number of hydrogen-bond donors (Lipinski definition) is 1. The number of aryl methyl sites for hydroxylation is 1. The summed E-state index contributed by atoms with van der Waals surface area (Å²) in [6.07, 6.45) is 4.51. The summed E-state index contributed by atoms with van der Waals surface area (Å²) in [6.45, 7) is 8.66. The molecule has 5 heteroatoms. The molecule has 18 heavy (non-hydrogen) atoms. The molecule has 1 fully saturated rings. The normalized spacial score (nSPS) is 19.2. The van der Waals surface area contributed by atoms with Gasteiger partial charge in [-0.15, -0.1) is 0 Å². The molecule has 0 unspecified atom stereocenters. The van der Waals surface area contributed by atoms with E-state index in [1.807, 2.05) is 20.8 Å². The number of aliphatic hydroxyl groups excluding tert-OH is 1. The van der Waals surface area contributed by atoms with Gasteiger partial charge in [-0.1, -0.05) is 13.8 Å². The Hall–Kier alpha value is -1.20. The van der Waals surface area contributed by atoms with Crippen LogP contribution < -0.4 is 4.74 Å². The lowest BCUT2D eigenvalue weighted by atomic mass is 10.3. The van der Waals surface area contributed by atoms with Crippen molar-refractivity contribution in [2.45, 2.75) is 33.3 Å². The Morgan fingerprint density at radius 2 is 2.17 bits per heavy atom. The first kappa shape index (κ1) is 14.9. The van der Waals surface area contributed by atoms with Gasteiger partial charge in [0.15, 0.2) is 0 Å². The summed E-state index contributed by atoms with van der Waals surface area (Å²) in [4.78, 5) is 10.5. The lowest BCUT2D eigenvalue weighted by Crippen LogP contribution is -2.27. The van der Waals surface area contributed by atoms with Gasteiger partial charge in [-0.2, -0.15) is 0 Å². The van der Waals surface area contributed by atoms with Gasteiger partial charge in [0.25, 0.3) is 0 Å². The summed E-state index contributed by atoms with van der Waals surface area (Å²) in [5.74, 6) is 0.585. The zero-order valence-electron chi connectivity index (χ0n) is 11.5. The number of likely N-dealkylation sites (tertiary alicyclic amines) is 1. The van der Waals surface area contributed by atoms with Crippen molar-refractivity contribution in [1.29, 1.82) is 0 Å². The average Bonchev–Trinajstić information content (AvgIpc) is 2.83. The first-order valence-corrected chi connectivity index (χ1v) is 6.56. The van der Waals surface area contributed by atoms with Gasteiger partial charge in [0.2, 0.25) is 5.88 Å². The molecular weight excluding hydrogens is 230 g/mol. The summed E-state index contributed by atoms with van der Waals surface area (Å²) in [7, 11) is 0. The van der Waals surface area contributed by atoms with Gasteiger partial charge in [0, 0.05) is 19.6 Å². The van der Waals surface area contributed by atoms with Crippen LogP contribution in [0, 0.1) is 6.92 Å². The molecule has 0 aliphatic carbocycles. The van der Waals surface area contributed by atoms with Crippen molar-refractivity contribution in [3.63, 3.8) is 0 Å². The van der Waals surface area contributed by atoms with Crippen molar-refractivity contribution in [3.05, 3.63) is 18.1 Å². The second kappa shape index (κ2) is 8.00. The third-order valence-corrected chi connectivity index (χ3v) is 2.69. The average molecular weight is 253 g/mol. The summed E-state index contributed by atoms with van der Waals surface area (Å²) in [5.41, 5.74) is 0.890. The number of hydrogen-bond acceptors (Lipinski definition) is 5. The molecular formula is C13H23N3O2. The summed E-state index contributed by atoms with van der Waals surface area (Å²) >= 11 is 0. The Morgan fingerprint density at radius 3 is 2.78 bits per heavy atom. The first-order valence-electron chi connectivity index (χ1n) is 6.56. The van der Waals surface area contributed by atoms with Crippen molar-refractivity contribution in [1.82, 2.24) is 14.9 Å². The van der Waals surface area contributed by atoms with Gasteiger partial charge in [-0.25, -0.2) is 4.98 Å². The fourth-order valence-electron chi connectivity index (χ4n) is 1.85. The van der Waals surface area contributed by atoms with Crippen molar-refractivity contribution >= 4 is 0 Å². The number of ether oxygens (including phenoxy) is 1. The standard InChI is InChI=1S/C11H17N3O2.C2H6/c1-9-6-13-11(7-12-9)16-10-2-3-14(8-10)4-5-15;1-2/h6-7,10,15H,2-5,8H2,1H3;1-2H3/t10-;/m1./s1. The van der Waals surface area contributed by atoms with Crippen molar-refractivity contribution in [2.24, 2.45) is 0 Å². The number of nitrogens with zero attached hydrogens (tertiary/aromatic N) is 3. The van der Waals surface area contributed by atoms with Crippen LogP contribution in [0.25, 0.3) is 0 Å². The van der Waals surface area contributed by atoms with E-state index in [4.69, 9.17) is 9.84 Å². The molecule has 0 spiro atoms. The predicted molar refractivity (Wildman–Crippen MR) is 70.7 cm³/mol. The Labute approximate surface area is 109 Å². The summed E-state index contributed by atoms with van der Waals surface area (Å²) < 4.78 is 5.71. The van der Waals surface area contributed by atoms with Crippen LogP contribution in [0.5, 0.6) is 5.88 Å². The van der Waals surface area contributed by atoms with Crippen LogP contribution in [0.15, 0.2) is 12.4 Å². The molecule has 2 heterocycles. The van der Waals surface area contributed by atoms with Gasteiger partial charge in [-0.05, 0) is 13.3 Å². The monoisotopic (exact) mass is 253 g/mol. The molecule has 0 saturated carbocycles. The molecule has 5 nitrogen and oxygen atoms in total. The van der Waals surface area contributed by atoms with E-state index in [9.17, 15) is 0 Å². The fraction of sp³-hybridized carbons (Fsp3) is 0.692. The Bertz CT molecular complexity index is 330. The number of rotatable bonds is 4. The second-order valence-corrected chi connectivity index (χ2v) is 4.05. The van der Waals surface area contributed by atoms with Crippen LogP contribution in [-0.2, 0) is 0 Å². The molecule has 0 aromatic carbocycles. The van der Waals surface area contributed by atoms with Crippen LogP contribution in [0.1, 0.15) is 26.0 Å². The van der Waals surface area contributed by atoms with Gasteiger partial charge in [0.1, 0.15) is 6.10 Å². The highest BCUT2D eigenvalue weighted by atomic mass is 16.5. The van der Waals surface area contributed by atoms with Gasteiger partial charge in [0.05, 0.1) is 24.7 Å². The molecule has 1 aromatic heterocycles. The van der Waals surface area contributed by atoms with Crippen LogP contribution in [0.3, 0.4) is 0 Å². The molecule has 1 atom stereocenters. The van der Waals surface area contributed by atoms with Crippen LogP contribution >= 0.6 is 0 Å². The van der Waals surface area contributed by atoms with E-state index in [0.29, 0.717) is 5.88 Å². The topological polar surface area (TPSA) is 58.5 Å². The number of aliphatic hydroxyl groups is 1. The highest BCUT2D eigenvalue weighted by molar-refractivity contribution is 5.06. The van der Waals surface area contributed by atoms with Gasteiger partial charge in [-0.3, -0.25) is 9.88 Å². The van der Waals surface area contributed by atoms with E-state index in [2.05, 4.69) is 14.9 Å². The third kappa shape index (κ3) is 4.58. The quantitative estimate of drug-likeness (QED) is 0.875. The molecule has 1 N–H and O–H groups in total. The summed E-state index contributed by atoms with van der Waals surface area (Å²) in [5, 5.41) is 8.83. The van der Waals surface area contributed by atoms with E-state index in [1.54, 1.807) is 12.4 Å². The van der Waals surface area contributed by atoms with Gasteiger partial charge >= 0.3 is 0 Å². The van der Waals surface area contributed by atoms with E-state index < -0.39 is 0 Å². The largest absolute Gasteiger partial charge is 0.472 e. The van der Waals surface area contributed by atoms with Crippen molar-refractivity contribution < 1.29 is 9.84 Å². The molecule has 1 aliphatic rings. The molecule has 0 bridgehead atoms. The molecule has 1 saturated heterocycles. The molecule has 1 aliphatic heterocycles. The maximum Gasteiger partial charge on any atom is 0.232 e. The van der Waals surface area contributed by atoms with Crippen molar-refractivity contribution in [3.8, 4) is 5.88 Å². The Morgan fingerprint density at radius 1 is 1.39 bits per heavy atom. The first-order chi connectivity index (χ1) is 8.78. The fourth-order valence-corrected chi connectivity index (χ4v) is 1.85. The smallest absolute Gasteiger partial charge is 0.232 e. The van der Waals surface area contributed by atoms with Crippen LogP contribution in [-0.4, -0.2) is 52.3 Å². The van der Waals surface area contributed by atoms with Crippen LogP contribution in [0.2, 0.25) is 0 Å². The molecule has 102 valence electrons. The minimum absolute atomic E-state index is 0.170. The second-order valence-electron chi connectivity index (χ2n) is 4.05. The van der Waals surface area contributed by atoms with Crippen molar-refractivity contribution in [2.75, 3.05) is 26.2 Å². The van der Waals surface area contributed by atoms with Crippen LogP contribution in [0.4, 0.5) is 0 Å². The zero-order valence-corrected chi connectivity index (χ0v) is 11.5. The van der Waals surface area contributed by atoms with E-state index in [1.165, 1.54) is 0 Å². The third-order valence-electron chi connectivity index (χ3n) is 2.69. The highest BCUT2D eigenvalue weighted by Crippen LogP contribution is 2.15. The minimum Gasteiger partial charge on any atom is -0.472 e. The lowest BCUT2D eigenvalue weighted by Gasteiger charge is -2.14. The molecule has 0 amide bonds. The maximum absolute atomic E-state index is 8.83. The lowest BCUT2D eigenvalue weighted by molar-refractivity contribution is 0.176. The van der Waals surface area contributed by atoms with E-state index in [-0.39, 0.29) is 12.7 Å². The number of β-amino-alcohol motifs (C(OH)–C–C–N with tert-alkyl or cyclic N) is 1. The molecule has 1 aromatic rings. The van der Waals surface area contributed by atoms with Gasteiger partial charge < -0.3 is 9.84 Å². The minimum atomic E-state index is 0.170. The predicted octanol–water partition coefficient (Wildman–Crippen LogP) is 1.26. The zero-order chi connectivity index (χ0) is 13.4. The Kier molecular flexibility index (Phi) is 6.60. The number of aromatic nitrogens is 2. The SMILES string of the molecule is CC.Cc1cnc(O[C@@H]2CCN(CCO)C2)cn1. The summed E-state index contributed by atoms with van der Waals surface area (Å²) in [6, 6.07) is 0. The Balaban J connectivity index is 0.000000771. The van der Waals surface area contributed by atoms with E-state index in [0.717, 1.165) is 31.7 Å². The highest BCUT2D eigenvalue weighted by Gasteiger charge is 2.23. The molecule has 2 rings (SSSR count).